The second-order valence-corrected chi connectivity index (χ2v) is 4.82. The van der Waals surface area contributed by atoms with Crippen molar-refractivity contribution in [2.24, 2.45) is 10.9 Å². The zero-order chi connectivity index (χ0) is 12.5. The third-order valence-electron chi connectivity index (χ3n) is 3.83. The van der Waals surface area contributed by atoms with Crippen LogP contribution in [0.5, 0.6) is 5.75 Å². The van der Waals surface area contributed by atoms with Crippen molar-refractivity contribution in [3.8, 4) is 5.75 Å². The number of benzene rings is 1. The summed E-state index contributed by atoms with van der Waals surface area (Å²) in [6.07, 6.45) is 1.39. The topological polar surface area (TPSA) is 53.9 Å². The van der Waals surface area contributed by atoms with E-state index in [1.807, 2.05) is 12.1 Å². The Balaban J connectivity index is 1.97. The monoisotopic (exact) mass is 246 g/mol. The lowest BCUT2D eigenvalue weighted by atomic mass is 9.80. The normalized spacial score (nSPS) is 26.2. The third kappa shape index (κ3) is 1.77. The number of rotatable bonds is 2. The molecule has 1 aromatic rings. The molecule has 3 rings (SSSR count). The van der Waals surface area contributed by atoms with Gasteiger partial charge in [0, 0.05) is 18.0 Å². The minimum absolute atomic E-state index is 0.0799. The molecule has 2 N–H and O–H groups in total. The molecule has 0 radical (unpaired) electrons. The minimum Gasteiger partial charge on any atom is -0.496 e. The van der Waals surface area contributed by atoms with Crippen LogP contribution in [0.2, 0.25) is 0 Å². The maximum Gasteiger partial charge on any atom is 0.124 e. The van der Waals surface area contributed by atoms with Gasteiger partial charge in [-0.15, -0.1) is 0 Å². The number of methoxy groups -OCH3 is 1. The van der Waals surface area contributed by atoms with Crippen molar-refractivity contribution in [3.63, 3.8) is 0 Å². The largest absolute Gasteiger partial charge is 0.496 e. The summed E-state index contributed by atoms with van der Waals surface area (Å²) in [7, 11) is 1.65. The van der Waals surface area contributed by atoms with Crippen molar-refractivity contribution >= 4 is 5.84 Å². The molecular weight excluding hydrogens is 228 g/mol. The van der Waals surface area contributed by atoms with E-state index >= 15 is 0 Å². The maximum atomic E-state index is 10.6. The summed E-state index contributed by atoms with van der Waals surface area (Å²) in [5.41, 5.74) is 2.13. The first-order chi connectivity index (χ1) is 8.81. The van der Waals surface area contributed by atoms with Crippen LogP contribution in [-0.2, 0) is 6.42 Å². The maximum absolute atomic E-state index is 10.6. The molecule has 1 aromatic carbocycles. The molecule has 0 saturated heterocycles. The Morgan fingerprint density at radius 2 is 2.33 bits per heavy atom. The highest BCUT2D eigenvalue weighted by Gasteiger charge is 2.34. The molecule has 0 amide bonds. The van der Waals surface area contributed by atoms with Crippen molar-refractivity contribution in [1.82, 2.24) is 5.32 Å². The molecule has 0 saturated carbocycles. The molecule has 1 heterocycles. The number of amidine groups is 1. The summed E-state index contributed by atoms with van der Waals surface area (Å²) in [5.74, 6) is 1.82. The van der Waals surface area contributed by atoms with Crippen LogP contribution in [0.25, 0.3) is 0 Å². The Morgan fingerprint density at radius 3 is 3.06 bits per heavy atom. The molecule has 0 bridgehead atoms. The lowest BCUT2D eigenvalue weighted by Crippen LogP contribution is -2.34. The Hall–Kier alpha value is -1.55. The van der Waals surface area contributed by atoms with Gasteiger partial charge in [0.25, 0.3) is 0 Å². The second-order valence-electron chi connectivity index (χ2n) is 4.82. The van der Waals surface area contributed by atoms with Gasteiger partial charge in [-0.2, -0.15) is 0 Å². The number of ether oxygens (including phenoxy) is 1. The number of nitrogens with zero attached hydrogens (tertiary/aromatic N) is 1. The summed E-state index contributed by atoms with van der Waals surface area (Å²) in [5, 5.41) is 13.9. The van der Waals surface area contributed by atoms with Gasteiger partial charge in [0.1, 0.15) is 11.6 Å². The van der Waals surface area contributed by atoms with E-state index in [-0.39, 0.29) is 5.92 Å². The number of hydrogen-bond acceptors (Lipinski definition) is 4. The standard InChI is InChI=1S/C14H18N2O2/c1-18-11-4-2-3-9-5-6-10(13(17)12(9)11)14-15-7-8-16-14/h2-4,10,13,17H,5-8H2,1H3,(H,15,16)/t10-,13+/m1/s1. The third-order valence-corrected chi connectivity index (χ3v) is 3.83. The average molecular weight is 246 g/mol. The number of aliphatic hydroxyl groups excluding tert-OH is 1. The smallest absolute Gasteiger partial charge is 0.124 e. The molecule has 0 unspecified atom stereocenters. The molecule has 4 nitrogen and oxygen atoms in total. The lowest BCUT2D eigenvalue weighted by Gasteiger charge is -2.31. The van der Waals surface area contributed by atoms with Gasteiger partial charge < -0.3 is 15.2 Å². The molecule has 1 aliphatic carbocycles. The van der Waals surface area contributed by atoms with Crippen LogP contribution in [-0.4, -0.2) is 31.1 Å². The molecule has 0 fully saturated rings. The van der Waals surface area contributed by atoms with Gasteiger partial charge in [0.2, 0.25) is 0 Å². The Labute approximate surface area is 107 Å². The molecule has 2 atom stereocenters. The average Bonchev–Trinajstić information content (AvgIpc) is 2.92. The van der Waals surface area contributed by atoms with Gasteiger partial charge in [-0.3, -0.25) is 4.99 Å². The van der Waals surface area contributed by atoms with E-state index in [0.29, 0.717) is 0 Å². The van der Waals surface area contributed by atoms with Crippen molar-refractivity contribution in [2.45, 2.75) is 18.9 Å². The van der Waals surface area contributed by atoms with Crippen LogP contribution < -0.4 is 10.1 Å². The van der Waals surface area contributed by atoms with Crippen molar-refractivity contribution in [2.75, 3.05) is 20.2 Å². The molecule has 96 valence electrons. The van der Waals surface area contributed by atoms with Gasteiger partial charge in [-0.25, -0.2) is 0 Å². The van der Waals surface area contributed by atoms with Gasteiger partial charge in [-0.1, -0.05) is 12.1 Å². The molecule has 4 heteroatoms. The lowest BCUT2D eigenvalue weighted by molar-refractivity contribution is 0.122. The first-order valence-electron chi connectivity index (χ1n) is 6.43. The quantitative estimate of drug-likeness (QED) is 0.827. The zero-order valence-corrected chi connectivity index (χ0v) is 10.5. The minimum atomic E-state index is -0.519. The van der Waals surface area contributed by atoms with Gasteiger partial charge in [0.15, 0.2) is 0 Å². The summed E-state index contributed by atoms with van der Waals surface area (Å²) in [6.45, 7) is 1.70. The van der Waals surface area contributed by atoms with Crippen LogP contribution in [0.15, 0.2) is 23.2 Å². The Morgan fingerprint density at radius 1 is 1.44 bits per heavy atom. The Bertz CT molecular complexity index is 470. The SMILES string of the molecule is COc1cccc2c1[C@@H](O)[C@H](C1=NCCN1)CC2. The number of aliphatic hydroxyl groups is 1. The fraction of sp³-hybridized carbons (Fsp3) is 0.500. The van der Waals surface area contributed by atoms with E-state index in [1.54, 1.807) is 7.11 Å². The summed E-state index contributed by atoms with van der Waals surface area (Å²) in [4.78, 5) is 4.44. The molecule has 0 spiro atoms. The predicted octanol–water partition coefficient (Wildman–Crippen LogP) is 1.29. The van der Waals surface area contributed by atoms with Crippen LogP contribution in [0.4, 0.5) is 0 Å². The highest BCUT2D eigenvalue weighted by Crippen LogP contribution is 2.40. The number of fused-ring (bicyclic) bond motifs is 1. The molecule has 2 aliphatic rings. The summed E-state index contributed by atoms with van der Waals surface area (Å²) in [6, 6.07) is 5.96. The first-order valence-corrected chi connectivity index (χ1v) is 6.43. The van der Waals surface area contributed by atoms with E-state index in [4.69, 9.17) is 4.74 Å². The van der Waals surface area contributed by atoms with Crippen molar-refractivity contribution in [3.05, 3.63) is 29.3 Å². The number of aryl methyl sites for hydroxylation is 1. The highest BCUT2D eigenvalue weighted by molar-refractivity contribution is 5.87. The van der Waals surface area contributed by atoms with E-state index in [1.165, 1.54) is 5.56 Å². The summed E-state index contributed by atoms with van der Waals surface area (Å²) >= 11 is 0. The number of hydrogen-bond donors (Lipinski definition) is 2. The van der Waals surface area contributed by atoms with Crippen LogP contribution in [0, 0.1) is 5.92 Å². The molecule has 1 aliphatic heterocycles. The van der Waals surface area contributed by atoms with E-state index in [2.05, 4.69) is 16.4 Å². The van der Waals surface area contributed by atoms with Crippen molar-refractivity contribution < 1.29 is 9.84 Å². The molecular formula is C14H18N2O2. The molecule has 18 heavy (non-hydrogen) atoms. The highest BCUT2D eigenvalue weighted by atomic mass is 16.5. The fourth-order valence-corrected chi connectivity index (χ4v) is 2.94. The Kier molecular flexibility index (Phi) is 2.96. The zero-order valence-electron chi connectivity index (χ0n) is 10.5. The number of aliphatic imine (C=N–C) groups is 1. The van der Waals surface area contributed by atoms with Crippen molar-refractivity contribution in [1.29, 1.82) is 0 Å². The number of nitrogens with one attached hydrogen (secondary N) is 1. The van der Waals surface area contributed by atoms with Gasteiger partial charge in [0.05, 0.1) is 19.8 Å². The van der Waals surface area contributed by atoms with Gasteiger partial charge in [-0.05, 0) is 24.5 Å². The molecule has 0 aromatic heterocycles. The van der Waals surface area contributed by atoms with Crippen LogP contribution >= 0.6 is 0 Å². The first kappa shape index (κ1) is 11.5. The van der Waals surface area contributed by atoms with E-state index < -0.39 is 6.10 Å². The van der Waals surface area contributed by atoms with E-state index in [9.17, 15) is 5.11 Å². The van der Waals surface area contributed by atoms with Crippen LogP contribution in [0.3, 0.4) is 0 Å². The second kappa shape index (κ2) is 4.61. The van der Waals surface area contributed by atoms with Crippen LogP contribution in [0.1, 0.15) is 23.7 Å². The predicted molar refractivity (Wildman–Crippen MR) is 70.1 cm³/mol. The van der Waals surface area contributed by atoms with E-state index in [0.717, 1.165) is 43.1 Å². The van der Waals surface area contributed by atoms with Gasteiger partial charge >= 0.3 is 0 Å². The fourth-order valence-electron chi connectivity index (χ4n) is 2.94. The summed E-state index contributed by atoms with van der Waals surface area (Å²) < 4.78 is 5.37.